The lowest BCUT2D eigenvalue weighted by Gasteiger charge is -2.34. The largest absolute Gasteiger partial charge is 0.382 e. The molecule has 0 radical (unpaired) electrons. The minimum Gasteiger partial charge on any atom is -0.382 e. The summed E-state index contributed by atoms with van der Waals surface area (Å²) < 4.78 is 20.4. The van der Waals surface area contributed by atoms with E-state index in [-0.39, 0.29) is 12.5 Å². The zero-order chi connectivity index (χ0) is 20.5. The highest BCUT2D eigenvalue weighted by molar-refractivity contribution is 5.77. The molecule has 0 saturated carbocycles. The first-order valence-electron chi connectivity index (χ1n) is 9.67. The Morgan fingerprint density at radius 1 is 1.07 bits per heavy atom. The summed E-state index contributed by atoms with van der Waals surface area (Å²) in [5, 5.41) is 3.98. The van der Waals surface area contributed by atoms with E-state index in [9.17, 15) is 4.79 Å². The van der Waals surface area contributed by atoms with E-state index >= 15 is 0 Å². The lowest BCUT2D eigenvalue weighted by atomic mass is 10.1. The molecular weight excluding hydrogens is 376 g/mol. The number of carbonyl (C=O) groups excluding carboxylic acids is 1. The van der Waals surface area contributed by atoms with Crippen LogP contribution in [-0.2, 0) is 32.2 Å². The second kappa shape index (κ2) is 11.0. The average Bonchev–Trinajstić information content (AvgIpc) is 3.21. The van der Waals surface area contributed by atoms with Gasteiger partial charge in [0.2, 0.25) is 11.7 Å². The van der Waals surface area contributed by atoms with Crippen LogP contribution in [0, 0.1) is 0 Å². The van der Waals surface area contributed by atoms with E-state index in [4.69, 9.17) is 18.7 Å². The number of ether oxygens (including phenoxy) is 3. The van der Waals surface area contributed by atoms with Crippen LogP contribution in [0.1, 0.15) is 11.5 Å². The van der Waals surface area contributed by atoms with Crippen LogP contribution in [0.3, 0.4) is 0 Å². The van der Waals surface area contributed by atoms with Gasteiger partial charge in [-0.3, -0.25) is 9.69 Å². The molecular formula is C20H28N4O5. The van der Waals surface area contributed by atoms with E-state index in [1.165, 1.54) is 5.56 Å². The molecule has 3 rings (SSSR count). The van der Waals surface area contributed by atoms with Crippen molar-refractivity contribution in [3.05, 3.63) is 35.7 Å². The third-order valence-electron chi connectivity index (χ3n) is 4.74. The number of benzene rings is 1. The summed E-state index contributed by atoms with van der Waals surface area (Å²) in [5.74, 6) is 1.06. The van der Waals surface area contributed by atoms with Crippen molar-refractivity contribution in [1.29, 1.82) is 0 Å². The smallest absolute Gasteiger partial charge is 0.252 e. The summed E-state index contributed by atoms with van der Waals surface area (Å²) in [6, 6.07) is 8.13. The molecule has 0 bridgehead atoms. The second-order valence-corrected chi connectivity index (χ2v) is 6.84. The van der Waals surface area contributed by atoms with E-state index in [2.05, 4.69) is 27.2 Å². The van der Waals surface area contributed by atoms with Gasteiger partial charge in [-0.1, -0.05) is 29.4 Å². The molecule has 2 aromatic rings. The van der Waals surface area contributed by atoms with E-state index in [1.54, 1.807) is 14.2 Å². The van der Waals surface area contributed by atoms with Crippen LogP contribution in [-0.4, -0.2) is 86.1 Å². The summed E-state index contributed by atoms with van der Waals surface area (Å²) in [6.07, 6.45) is 0. The first kappa shape index (κ1) is 21.4. The molecule has 29 heavy (non-hydrogen) atoms. The van der Waals surface area contributed by atoms with Crippen molar-refractivity contribution >= 4 is 5.91 Å². The van der Waals surface area contributed by atoms with E-state index < -0.39 is 0 Å². The number of amides is 1. The van der Waals surface area contributed by atoms with Crippen molar-refractivity contribution in [1.82, 2.24) is 19.9 Å². The molecule has 1 amide bonds. The van der Waals surface area contributed by atoms with Gasteiger partial charge in [0, 0.05) is 52.5 Å². The lowest BCUT2D eigenvalue weighted by molar-refractivity contribution is -0.138. The Labute approximate surface area is 170 Å². The normalized spacial score (nSPS) is 15.0. The van der Waals surface area contributed by atoms with Crippen LogP contribution < -0.4 is 0 Å². The molecule has 158 valence electrons. The summed E-state index contributed by atoms with van der Waals surface area (Å²) in [6.45, 7) is 5.33. The number of carbonyl (C=O) groups is 1. The predicted octanol–water partition coefficient (Wildman–Crippen LogP) is 1.19. The van der Waals surface area contributed by atoms with Crippen LogP contribution >= 0.6 is 0 Å². The van der Waals surface area contributed by atoms with E-state index in [0.29, 0.717) is 31.5 Å². The first-order chi connectivity index (χ1) is 14.2. The molecule has 0 N–H and O–H groups in total. The van der Waals surface area contributed by atoms with Gasteiger partial charge in [-0.25, -0.2) is 0 Å². The molecule has 1 aliphatic rings. The van der Waals surface area contributed by atoms with Crippen molar-refractivity contribution in [2.75, 3.05) is 60.2 Å². The quantitative estimate of drug-likeness (QED) is 0.546. The van der Waals surface area contributed by atoms with E-state index in [1.807, 2.05) is 17.0 Å². The van der Waals surface area contributed by atoms with Crippen LogP contribution in [0.15, 0.2) is 28.8 Å². The number of methoxy groups -OCH3 is 2. The van der Waals surface area contributed by atoms with Crippen molar-refractivity contribution in [2.45, 2.75) is 13.2 Å². The monoisotopic (exact) mass is 404 g/mol. The highest BCUT2D eigenvalue weighted by Crippen LogP contribution is 2.18. The fraction of sp³-hybridized carbons (Fsp3) is 0.550. The number of piperazine rings is 1. The summed E-state index contributed by atoms with van der Waals surface area (Å²) >= 11 is 0. The Kier molecular flexibility index (Phi) is 8.12. The van der Waals surface area contributed by atoms with Crippen molar-refractivity contribution in [3.63, 3.8) is 0 Å². The standard InChI is InChI=1S/C20H28N4O5/c1-26-11-12-28-15-19(25)24-9-7-23(8-10-24)13-16-3-5-17(6-4-16)20-21-18(14-27-2)29-22-20/h3-6H,7-15H2,1-2H3. The zero-order valence-electron chi connectivity index (χ0n) is 17.0. The Morgan fingerprint density at radius 2 is 1.83 bits per heavy atom. The maximum atomic E-state index is 12.2. The van der Waals surface area contributed by atoms with Crippen LogP contribution in [0.5, 0.6) is 0 Å². The number of rotatable bonds is 10. The molecule has 0 aliphatic carbocycles. The summed E-state index contributed by atoms with van der Waals surface area (Å²) in [5.41, 5.74) is 2.11. The van der Waals surface area contributed by atoms with Gasteiger partial charge in [0.25, 0.3) is 5.89 Å². The molecule has 1 aromatic carbocycles. The topological polar surface area (TPSA) is 90.2 Å². The first-order valence-corrected chi connectivity index (χ1v) is 9.67. The zero-order valence-corrected chi connectivity index (χ0v) is 17.0. The highest BCUT2D eigenvalue weighted by atomic mass is 16.5. The van der Waals surface area contributed by atoms with Crippen LogP contribution in [0.4, 0.5) is 0 Å². The Morgan fingerprint density at radius 3 is 2.52 bits per heavy atom. The molecule has 9 nitrogen and oxygen atoms in total. The molecule has 2 heterocycles. The Hall–Kier alpha value is -2.33. The molecule has 0 unspecified atom stereocenters. The van der Waals surface area contributed by atoms with Crippen LogP contribution in [0.25, 0.3) is 11.4 Å². The van der Waals surface area contributed by atoms with Gasteiger partial charge in [-0.15, -0.1) is 0 Å². The molecule has 0 atom stereocenters. The Bertz CT molecular complexity index is 756. The average molecular weight is 404 g/mol. The number of nitrogens with zero attached hydrogens (tertiary/aromatic N) is 4. The minimum atomic E-state index is 0.0399. The molecule has 1 saturated heterocycles. The van der Waals surface area contributed by atoms with Gasteiger partial charge in [-0.05, 0) is 5.56 Å². The summed E-state index contributed by atoms with van der Waals surface area (Å²) in [4.78, 5) is 20.7. The second-order valence-electron chi connectivity index (χ2n) is 6.84. The molecule has 1 fully saturated rings. The fourth-order valence-electron chi connectivity index (χ4n) is 3.12. The molecule has 1 aliphatic heterocycles. The maximum Gasteiger partial charge on any atom is 0.252 e. The minimum absolute atomic E-state index is 0.0399. The third kappa shape index (κ3) is 6.33. The molecule has 0 spiro atoms. The number of hydrogen-bond acceptors (Lipinski definition) is 8. The van der Waals surface area contributed by atoms with Crippen molar-refractivity contribution in [3.8, 4) is 11.4 Å². The molecule has 1 aromatic heterocycles. The maximum absolute atomic E-state index is 12.2. The lowest BCUT2D eigenvalue weighted by Crippen LogP contribution is -2.49. The van der Waals surface area contributed by atoms with Crippen molar-refractivity contribution < 1.29 is 23.5 Å². The highest BCUT2D eigenvalue weighted by Gasteiger charge is 2.21. The molecule has 9 heteroatoms. The number of hydrogen-bond donors (Lipinski definition) is 0. The van der Waals surface area contributed by atoms with Gasteiger partial charge in [0.05, 0.1) is 13.2 Å². The SMILES string of the molecule is COCCOCC(=O)N1CCN(Cc2ccc(-c3noc(COC)n3)cc2)CC1. The van der Waals surface area contributed by atoms with Gasteiger partial charge in [-0.2, -0.15) is 4.98 Å². The van der Waals surface area contributed by atoms with Crippen molar-refractivity contribution in [2.24, 2.45) is 0 Å². The fourth-order valence-corrected chi connectivity index (χ4v) is 3.12. The summed E-state index contributed by atoms with van der Waals surface area (Å²) in [7, 11) is 3.20. The van der Waals surface area contributed by atoms with Gasteiger partial charge >= 0.3 is 0 Å². The van der Waals surface area contributed by atoms with Gasteiger partial charge in [0.1, 0.15) is 13.2 Å². The predicted molar refractivity (Wildman–Crippen MR) is 105 cm³/mol. The van der Waals surface area contributed by atoms with E-state index in [0.717, 1.165) is 38.3 Å². The van der Waals surface area contributed by atoms with Gasteiger partial charge in [0.15, 0.2) is 0 Å². The van der Waals surface area contributed by atoms with Gasteiger partial charge < -0.3 is 23.6 Å². The van der Waals surface area contributed by atoms with Crippen LogP contribution in [0.2, 0.25) is 0 Å². The Balaban J connectivity index is 1.43. The third-order valence-corrected chi connectivity index (χ3v) is 4.74. The number of aromatic nitrogens is 2.